The third-order valence-corrected chi connectivity index (χ3v) is 5.19. The number of ether oxygens (including phenoxy) is 1. The molecule has 0 saturated carbocycles. The van der Waals surface area contributed by atoms with Crippen LogP contribution in [0.25, 0.3) is 0 Å². The second kappa shape index (κ2) is 10.7. The highest BCUT2D eigenvalue weighted by Crippen LogP contribution is 2.18. The minimum atomic E-state index is -0.257. The standard InChI is InChI=1S/C22H30N4O3/c1-23-22(26(2)12-9-17-10-14-28-15-11-17)24-16-18-5-7-19(8-6-18)25-21(27)20-4-3-13-29-20/h3-8,13,17H,9-12,14-16H2,1-2H3,(H,23,24)(H,25,27). The summed E-state index contributed by atoms with van der Waals surface area (Å²) in [5.41, 5.74) is 1.84. The second-order valence-electron chi connectivity index (χ2n) is 7.30. The molecular weight excluding hydrogens is 368 g/mol. The Morgan fingerprint density at radius 3 is 2.62 bits per heavy atom. The molecule has 1 fully saturated rings. The van der Waals surface area contributed by atoms with Gasteiger partial charge >= 0.3 is 0 Å². The molecule has 1 saturated heterocycles. The van der Waals surface area contributed by atoms with E-state index >= 15 is 0 Å². The molecule has 1 amide bonds. The Morgan fingerprint density at radius 1 is 1.21 bits per heavy atom. The van der Waals surface area contributed by atoms with E-state index in [2.05, 4.69) is 27.6 Å². The average Bonchev–Trinajstić information content (AvgIpc) is 3.30. The highest BCUT2D eigenvalue weighted by Gasteiger charge is 2.15. The quantitative estimate of drug-likeness (QED) is 0.552. The van der Waals surface area contributed by atoms with Crippen molar-refractivity contribution in [2.45, 2.75) is 25.8 Å². The predicted octanol–water partition coefficient (Wildman–Crippen LogP) is 3.36. The van der Waals surface area contributed by atoms with Gasteiger partial charge in [-0.25, -0.2) is 0 Å². The number of hydrogen-bond donors (Lipinski definition) is 2. The zero-order chi connectivity index (χ0) is 20.5. The van der Waals surface area contributed by atoms with Crippen molar-refractivity contribution in [3.63, 3.8) is 0 Å². The van der Waals surface area contributed by atoms with E-state index in [0.717, 1.165) is 62.1 Å². The predicted molar refractivity (Wildman–Crippen MR) is 114 cm³/mol. The lowest BCUT2D eigenvalue weighted by Crippen LogP contribution is -2.39. The monoisotopic (exact) mass is 398 g/mol. The van der Waals surface area contributed by atoms with Crippen molar-refractivity contribution in [3.05, 3.63) is 54.0 Å². The molecule has 1 aliphatic rings. The lowest BCUT2D eigenvalue weighted by atomic mass is 9.96. The fourth-order valence-electron chi connectivity index (χ4n) is 3.39. The number of anilines is 1. The number of hydrogen-bond acceptors (Lipinski definition) is 4. The summed E-state index contributed by atoms with van der Waals surface area (Å²) < 4.78 is 10.5. The molecule has 0 radical (unpaired) electrons. The molecule has 7 heteroatoms. The van der Waals surface area contributed by atoms with Gasteiger partial charge in [-0.1, -0.05) is 12.1 Å². The van der Waals surface area contributed by atoms with Crippen LogP contribution in [0.3, 0.4) is 0 Å². The van der Waals surface area contributed by atoms with Gasteiger partial charge in [0.15, 0.2) is 11.7 Å². The summed E-state index contributed by atoms with van der Waals surface area (Å²) in [5, 5.41) is 6.22. The number of carbonyl (C=O) groups is 1. The van der Waals surface area contributed by atoms with Crippen LogP contribution >= 0.6 is 0 Å². The minimum Gasteiger partial charge on any atom is -0.459 e. The normalized spacial score (nSPS) is 15.2. The SMILES string of the molecule is CN=C(NCc1ccc(NC(=O)c2ccco2)cc1)N(C)CCC1CCOCC1. The zero-order valence-corrected chi connectivity index (χ0v) is 17.2. The number of carbonyl (C=O) groups excluding carboxylic acids is 1. The zero-order valence-electron chi connectivity index (χ0n) is 17.2. The smallest absolute Gasteiger partial charge is 0.291 e. The van der Waals surface area contributed by atoms with Crippen molar-refractivity contribution < 1.29 is 13.9 Å². The molecule has 29 heavy (non-hydrogen) atoms. The number of furan rings is 1. The Morgan fingerprint density at radius 2 is 1.97 bits per heavy atom. The Bertz CT molecular complexity index is 781. The molecule has 0 bridgehead atoms. The van der Waals surface area contributed by atoms with E-state index in [1.807, 2.05) is 24.3 Å². The van der Waals surface area contributed by atoms with E-state index in [0.29, 0.717) is 12.3 Å². The molecule has 1 aromatic heterocycles. The van der Waals surface area contributed by atoms with Crippen LogP contribution in [0.1, 0.15) is 35.4 Å². The van der Waals surface area contributed by atoms with E-state index in [4.69, 9.17) is 9.15 Å². The Hall–Kier alpha value is -2.80. The Balaban J connectivity index is 1.44. The summed E-state index contributed by atoms with van der Waals surface area (Å²) in [4.78, 5) is 18.6. The maximum Gasteiger partial charge on any atom is 0.291 e. The van der Waals surface area contributed by atoms with Crippen molar-refractivity contribution in [1.29, 1.82) is 0 Å². The summed E-state index contributed by atoms with van der Waals surface area (Å²) in [6.07, 6.45) is 4.95. The largest absolute Gasteiger partial charge is 0.459 e. The van der Waals surface area contributed by atoms with E-state index in [-0.39, 0.29) is 5.91 Å². The Kier molecular flexibility index (Phi) is 7.69. The van der Waals surface area contributed by atoms with E-state index in [1.54, 1.807) is 19.2 Å². The van der Waals surface area contributed by atoms with E-state index in [9.17, 15) is 4.79 Å². The van der Waals surface area contributed by atoms with E-state index < -0.39 is 0 Å². The number of rotatable bonds is 7. The average molecular weight is 399 g/mol. The molecule has 1 aromatic carbocycles. The van der Waals surface area contributed by atoms with Crippen LogP contribution in [-0.4, -0.2) is 50.6 Å². The van der Waals surface area contributed by atoms with Gasteiger partial charge in [0.05, 0.1) is 6.26 Å². The fourth-order valence-corrected chi connectivity index (χ4v) is 3.39. The molecule has 3 rings (SSSR count). The number of amides is 1. The lowest BCUT2D eigenvalue weighted by molar-refractivity contribution is 0.0625. The van der Waals surface area contributed by atoms with Gasteiger partial charge in [-0.15, -0.1) is 0 Å². The molecule has 0 aliphatic carbocycles. The first kappa shape index (κ1) is 20.9. The third kappa shape index (κ3) is 6.35. The van der Waals surface area contributed by atoms with Gasteiger partial charge in [0.1, 0.15) is 0 Å². The highest BCUT2D eigenvalue weighted by molar-refractivity contribution is 6.02. The van der Waals surface area contributed by atoms with Crippen LogP contribution in [0.4, 0.5) is 5.69 Å². The molecule has 156 valence electrons. The highest BCUT2D eigenvalue weighted by atomic mass is 16.5. The lowest BCUT2D eigenvalue weighted by Gasteiger charge is -2.26. The number of aliphatic imine (C=N–C) groups is 1. The number of benzene rings is 1. The van der Waals surface area contributed by atoms with Crippen molar-refractivity contribution in [3.8, 4) is 0 Å². The Labute approximate surface area is 172 Å². The molecule has 0 atom stereocenters. The molecule has 2 N–H and O–H groups in total. The van der Waals surface area contributed by atoms with Crippen LogP contribution in [0.2, 0.25) is 0 Å². The molecule has 2 aromatic rings. The minimum absolute atomic E-state index is 0.257. The summed E-state index contributed by atoms with van der Waals surface area (Å²) in [7, 11) is 3.88. The van der Waals surface area contributed by atoms with Crippen molar-refractivity contribution in [1.82, 2.24) is 10.2 Å². The number of guanidine groups is 1. The van der Waals surface area contributed by atoms with Gasteiger partial charge in [0.25, 0.3) is 5.91 Å². The fraction of sp³-hybridized carbons (Fsp3) is 0.455. The molecule has 1 aliphatic heterocycles. The van der Waals surface area contributed by atoms with Gasteiger partial charge in [0.2, 0.25) is 0 Å². The topological polar surface area (TPSA) is 79.1 Å². The molecule has 0 spiro atoms. The van der Waals surface area contributed by atoms with Gasteiger partial charge in [0, 0.05) is 46.1 Å². The maximum atomic E-state index is 12.0. The van der Waals surface area contributed by atoms with Gasteiger partial charge in [-0.2, -0.15) is 0 Å². The van der Waals surface area contributed by atoms with Crippen LogP contribution < -0.4 is 10.6 Å². The summed E-state index contributed by atoms with van der Waals surface area (Å²) in [6.45, 7) is 3.42. The van der Waals surface area contributed by atoms with Crippen molar-refractivity contribution in [2.24, 2.45) is 10.9 Å². The summed E-state index contributed by atoms with van der Waals surface area (Å²) in [5.74, 6) is 1.66. The second-order valence-corrected chi connectivity index (χ2v) is 7.30. The molecule has 7 nitrogen and oxygen atoms in total. The van der Waals surface area contributed by atoms with Crippen LogP contribution in [-0.2, 0) is 11.3 Å². The van der Waals surface area contributed by atoms with Crippen molar-refractivity contribution >= 4 is 17.6 Å². The summed E-state index contributed by atoms with van der Waals surface area (Å²) in [6, 6.07) is 11.1. The van der Waals surface area contributed by atoms with Crippen LogP contribution in [0.5, 0.6) is 0 Å². The first-order valence-corrected chi connectivity index (χ1v) is 10.1. The third-order valence-electron chi connectivity index (χ3n) is 5.19. The molecule has 2 heterocycles. The van der Waals surface area contributed by atoms with Gasteiger partial charge in [-0.3, -0.25) is 9.79 Å². The van der Waals surface area contributed by atoms with Crippen LogP contribution in [0.15, 0.2) is 52.1 Å². The van der Waals surface area contributed by atoms with E-state index in [1.165, 1.54) is 6.26 Å². The maximum absolute atomic E-state index is 12.0. The van der Waals surface area contributed by atoms with Gasteiger partial charge in [-0.05, 0) is 55.0 Å². The number of nitrogens with one attached hydrogen (secondary N) is 2. The first-order chi connectivity index (χ1) is 14.2. The molecular formula is C22H30N4O3. The summed E-state index contributed by atoms with van der Waals surface area (Å²) >= 11 is 0. The van der Waals surface area contributed by atoms with Gasteiger partial charge < -0.3 is 24.7 Å². The first-order valence-electron chi connectivity index (χ1n) is 10.1. The number of nitrogens with zero attached hydrogens (tertiary/aromatic N) is 2. The molecule has 0 unspecified atom stereocenters. The van der Waals surface area contributed by atoms with Crippen LogP contribution in [0, 0.1) is 5.92 Å². The van der Waals surface area contributed by atoms with Crippen molar-refractivity contribution in [2.75, 3.05) is 39.2 Å².